The number of aliphatic hydroxyl groups excluding tert-OH is 1. The molecule has 1 unspecified atom stereocenters. The fraction of sp³-hybridized carbons (Fsp3) is 0.727. The molecular formula is C11H19N3O5. The van der Waals surface area contributed by atoms with Gasteiger partial charge in [-0.05, 0) is 12.8 Å². The molecule has 19 heavy (non-hydrogen) atoms. The second-order valence-corrected chi connectivity index (χ2v) is 4.32. The van der Waals surface area contributed by atoms with E-state index < -0.39 is 18.0 Å². The Kier molecular flexibility index (Phi) is 6.07. The van der Waals surface area contributed by atoms with Crippen LogP contribution in [0.4, 0.5) is 4.79 Å². The van der Waals surface area contributed by atoms with E-state index in [4.69, 9.17) is 10.2 Å². The van der Waals surface area contributed by atoms with Gasteiger partial charge in [0.2, 0.25) is 5.91 Å². The highest BCUT2D eigenvalue weighted by Gasteiger charge is 2.21. The van der Waals surface area contributed by atoms with Crippen LogP contribution in [0.5, 0.6) is 0 Å². The highest BCUT2D eigenvalue weighted by atomic mass is 16.4. The number of hydrogen-bond acceptors (Lipinski definition) is 4. The number of urea groups is 1. The van der Waals surface area contributed by atoms with E-state index in [0.717, 1.165) is 12.8 Å². The van der Waals surface area contributed by atoms with Crippen LogP contribution in [-0.2, 0) is 9.59 Å². The standard InChI is InChI=1S/C11H19N3O5/c15-6-3-8(10(17)18)13-11(19)12-7-9(16)14-4-1-2-5-14/h8,15H,1-7H2,(H,17,18)(H2,12,13,19). The molecule has 1 saturated heterocycles. The minimum absolute atomic E-state index is 0.0805. The lowest BCUT2D eigenvalue weighted by Gasteiger charge is -2.17. The van der Waals surface area contributed by atoms with Gasteiger partial charge in [-0.2, -0.15) is 0 Å². The fourth-order valence-corrected chi connectivity index (χ4v) is 1.83. The average Bonchev–Trinajstić information content (AvgIpc) is 2.89. The Morgan fingerprint density at radius 1 is 1.21 bits per heavy atom. The lowest BCUT2D eigenvalue weighted by molar-refractivity contribution is -0.139. The van der Waals surface area contributed by atoms with E-state index >= 15 is 0 Å². The first kappa shape index (κ1) is 15.2. The summed E-state index contributed by atoms with van der Waals surface area (Å²) < 4.78 is 0. The Morgan fingerprint density at radius 2 is 1.84 bits per heavy atom. The van der Waals surface area contributed by atoms with Crippen molar-refractivity contribution in [2.75, 3.05) is 26.2 Å². The molecule has 0 spiro atoms. The molecule has 0 aromatic heterocycles. The molecule has 1 atom stereocenters. The van der Waals surface area contributed by atoms with Crippen molar-refractivity contribution in [3.05, 3.63) is 0 Å². The first-order valence-electron chi connectivity index (χ1n) is 6.20. The zero-order valence-electron chi connectivity index (χ0n) is 10.6. The van der Waals surface area contributed by atoms with Crippen LogP contribution >= 0.6 is 0 Å². The van der Waals surface area contributed by atoms with Gasteiger partial charge in [0, 0.05) is 26.1 Å². The Morgan fingerprint density at radius 3 is 2.37 bits per heavy atom. The second-order valence-electron chi connectivity index (χ2n) is 4.32. The summed E-state index contributed by atoms with van der Waals surface area (Å²) in [4.78, 5) is 35.4. The number of carboxylic acids is 1. The van der Waals surface area contributed by atoms with Crippen molar-refractivity contribution in [1.29, 1.82) is 0 Å². The van der Waals surface area contributed by atoms with Crippen molar-refractivity contribution < 1.29 is 24.6 Å². The number of nitrogens with zero attached hydrogens (tertiary/aromatic N) is 1. The monoisotopic (exact) mass is 273 g/mol. The van der Waals surface area contributed by atoms with E-state index in [9.17, 15) is 14.4 Å². The van der Waals surface area contributed by atoms with Gasteiger partial charge < -0.3 is 25.7 Å². The van der Waals surface area contributed by atoms with Crippen molar-refractivity contribution in [3.63, 3.8) is 0 Å². The number of carboxylic acid groups (broad SMARTS) is 1. The first-order chi connectivity index (χ1) is 9.04. The third kappa shape index (κ3) is 5.12. The molecule has 0 bridgehead atoms. The zero-order chi connectivity index (χ0) is 14.3. The molecule has 3 amide bonds. The number of amides is 3. The number of aliphatic carboxylic acids is 1. The molecule has 0 saturated carbocycles. The Labute approximate surface area is 110 Å². The molecule has 1 fully saturated rings. The summed E-state index contributed by atoms with van der Waals surface area (Å²) in [5.41, 5.74) is 0. The van der Waals surface area contributed by atoms with Gasteiger partial charge in [0.1, 0.15) is 6.04 Å². The van der Waals surface area contributed by atoms with Gasteiger partial charge >= 0.3 is 12.0 Å². The van der Waals surface area contributed by atoms with Gasteiger partial charge in [-0.15, -0.1) is 0 Å². The molecule has 1 rings (SSSR count). The maximum absolute atomic E-state index is 11.6. The molecule has 4 N–H and O–H groups in total. The van der Waals surface area contributed by atoms with E-state index in [2.05, 4.69) is 10.6 Å². The van der Waals surface area contributed by atoms with Crippen molar-refractivity contribution in [2.45, 2.75) is 25.3 Å². The SMILES string of the molecule is O=C(NCC(=O)N1CCCC1)NC(CCO)C(=O)O. The summed E-state index contributed by atoms with van der Waals surface area (Å²) in [5.74, 6) is -1.41. The summed E-state index contributed by atoms with van der Waals surface area (Å²) in [6.07, 6.45) is 1.86. The predicted octanol–water partition coefficient (Wildman–Crippen LogP) is -1.26. The summed E-state index contributed by atoms with van der Waals surface area (Å²) >= 11 is 0. The molecular weight excluding hydrogens is 254 g/mol. The van der Waals surface area contributed by atoms with Crippen LogP contribution in [0.2, 0.25) is 0 Å². The highest BCUT2D eigenvalue weighted by molar-refractivity contribution is 5.86. The number of hydrogen-bond donors (Lipinski definition) is 4. The van der Waals surface area contributed by atoms with Crippen molar-refractivity contribution in [2.24, 2.45) is 0 Å². The van der Waals surface area contributed by atoms with Crippen LogP contribution in [-0.4, -0.2) is 65.3 Å². The highest BCUT2D eigenvalue weighted by Crippen LogP contribution is 2.06. The summed E-state index contributed by atoms with van der Waals surface area (Å²) in [6.45, 7) is 0.899. The minimum Gasteiger partial charge on any atom is -0.480 e. The van der Waals surface area contributed by atoms with Gasteiger partial charge in [-0.1, -0.05) is 0 Å². The van der Waals surface area contributed by atoms with Gasteiger partial charge in [-0.3, -0.25) is 4.79 Å². The molecule has 0 aromatic rings. The van der Waals surface area contributed by atoms with Crippen molar-refractivity contribution in [3.8, 4) is 0 Å². The van der Waals surface area contributed by atoms with Gasteiger partial charge in [0.25, 0.3) is 0 Å². The van der Waals surface area contributed by atoms with Crippen molar-refractivity contribution in [1.82, 2.24) is 15.5 Å². The lowest BCUT2D eigenvalue weighted by atomic mass is 10.2. The third-order valence-electron chi connectivity index (χ3n) is 2.88. The quantitative estimate of drug-likeness (QED) is 0.482. The van der Waals surface area contributed by atoms with Gasteiger partial charge in [0.15, 0.2) is 0 Å². The van der Waals surface area contributed by atoms with Crippen molar-refractivity contribution >= 4 is 17.9 Å². The van der Waals surface area contributed by atoms with E-state index in [1.165, 1.54) is 0 Å². The van der Waals surface area contributed by atoms with E-state index in [0.29, 0.717) is 13.1 Å². The van der Waals surface area contributed by atoms with E-state index in [1.54, 1.807) is 4.90 Å². The largest absolute Gasteiger partial charge is 0.480 e. The number of likely N-dealkylation sites (tertiary alicyclic amines) is 1. The number of aliphatic hydroxyl groups is 1. The zero-order valence-corrected chi connectivity index (χ0v) is 10.6. The Bertz CT molecular complexity index is 341. The predicted molar refractivity (Wildman–Crippen MR) is 65.5 cm³/mol. The summed E-state index contributed by atoms with van der Waals surface area (Å²) in [7, 11) is 0. The van der Waals surface area contributed by atoms with E-state index in [-0.39, 0.29) is 25.5 Å². The number of nitrogens with one attached hydrogen (secondary N) is 2. The maximum atomic E-state index is 11.6. The smallest absolute Gasteiger partial charge is 0.326 e. The maximum Gasteiger partial charge on any atom is 0.326 e. The molecule has 8 nitrogen and oxygen atoms in total. The molecule has 0 aliphatic carbocycles. The number of rotatable bonds is 6. The van der Waals surface area contributed by atoms with Crippen LogP contribution in [0, 0.1) is 0 Å². The van der Waals surface area contributed by atoms with E-state index in [1.807, 2.05) is 0 Å². The van der Waals surface area contributed by atoms with Crippen LogP contribution in [0.25, 0.3) is 0 Å². The molecule has 0 radical (unpaired) electrons. The van der Waals surface area contributed by atoms with Crippen LogP contribution in [0.15, 0.2) is 0 Å². The topological polar surface area (TPSA) is 119 Å². The molecule has 1 aliphatic rings. The summed E-state index contributed by atoms with van der Waals surface area (Å²) in [5, 5.41) is 21.9. The second kappa shape index (κ2) is 7.57. The molecule has 1 aliphatic heterocycles. The number of carbonyl (C=O) groups excluding carboxylic acids is 2. The first-order valence-corrected chi connectivity index (χ1v) is 6.20. The third-order valence-corrected chi connectivity index (χ3v) is 2.88. The average molecular weight is 273 g/mol. The Balaban J connectivity index is 2.29. The number of carbonyl (C=O) groups is 3. The van der Waals surface area contributed by atoms with Gasteiger partial charge in [-0.25, -0.2) is 9.59 Å². The molecule has 8 heteroatoms. The van der Waals surface area contributed by atoms with Crippen LogP contribution in [0.1, 0.15) is 19.3 Å². The molecule has 1 heterocycles. The molecule has 0 aromatic carbocycles. The minimum atomic E-state index is -1.23. The summed E-state index contributed by atoms with van der Waals surface area (Å²) in [6, 6.07) is -1.89. The van der Waals surface area contributed by atoms with Crippen LogP contribution in [0.3, 0.4) is 0 Å². The normalized spacial score (nSPS) is 15.9. The van der Waals surface area contributed by atoms with Gasteiger partial charge in [0.05, 0.1) is 6.54 Å². The van der Waals surface area contributed by atoms with Crippen LogP contribution < -0.4 is 10.6 Å². The fourth-order valence-electron chi connectivity index (χ4n) is 1.83. The molecule has 108 valence electrons. The lowest BCUT2D eigenvalue weighted by Crippen LogP contribution is -2.49. The Hall–Kier alpha value is -1.83.